The molecular formula is C12H10N2O. The lowest BCUT2D eigenvalue weighted by Crippen LogP contribution is -1.84. The fraction of sp³-hybridized carbons (Fsp3) is 0.0833. The fourth-order valence-electron chi connectivity index (χ4n) is 1.47. The van der Waals surface area contributed by atoms with Crippen molar-refractivity contribution in [1.29, 1.82) is 0 Å². The second-order valence-corrected chi connectivity index (χ2v) is 3.30. The summed E-state index contributed by atoms with van der Waals surface area (Å²) in [6.07, 6.45) is 1.50. The normalized spacial score (nSPS) is 9.93. The minimum atomic E-state index is 0.381. The largest absolute Gasteiger partial charge is 0.259 e. The van der Waals surface area contributed by atoms with Gasteiger partial charge in [-0.3, -0.25) is 4.98 Å². The molecule has 1 heterocycles. The maximum atomic E-state index is 10.6. The number of hydrogen-bond acceptors (Lipinski definition) is 3. The van der Waals surface area contributed by atoms with Gasteiger partial charge in [-0.15, -0.1) is 4.91 Å². The van der Waals surface area contributed by atoms with Gasteiger partial charge in [-0.2, -0.15) is 0 Å². The molecule has 0 aliphatic rings. The van der Waals surface area contributed by atoms with Crippen molar-refractivity contribution >= 4 is 5.69 Å². The van der Waals surface area contributed by atoms with Crippen LogP contribution in [0.1, 0.15) is 5.69 Å². The number of aryl methyl sites for hydroxylation is 1. The Bertz CT molecular complexity index is 480. The first-order valence-corrected chi connectivity index (χ1v) is 4.66. The SMILES string of the molecule is Cc1cc(-c2ccccc2)c(N=O)cn1. The zero-order valence-electron chi connectivity index (χ0n) is 8.34. The van der Waals surface area contributed by atoms with Crippen LogP contribution in [-0.4, -0.2) is 4.98 Å². The molecule has 0 N–H and O–H groups in total. The average Bonchev–Trinajstić information content (AvgIpc) is 2.30. The summed E-state index contributed by atoms with van der Waals surface area (Å²) >= 11 is 0. The van der Waals surface area contributed by atoms with Gasteiger partial charge in [0.15, 0.2) is 0 Å². The van der Waals surface area contributed by atoms with Crippen LogP contribution in [0.3, 0.4) is 0 Å². The van der Waals surface area contributed by atoms with Crippen LogP contribution in [0.15, 0.2) is 47.8 Å². The Morgan fingerprint density at radius 1 is 1.20 bits per heavy atom. The summed E-state index contributed by atoms with van der Waals surface area (Å²) in [5.41, 5.74) is 3.07. The van der Waals surface area contributed by atoms with Crippen LogP contribution < -0.4 is 0 Å². The number of benzene rings is 1. The summed E-state index contributed by atoms with van der Waals surface area (Å²) < 4.78 is 0. The summed E-state index contributed by atoms with van der Waals surface area (Å²) in [6.45, 7) is 1.89. The Hall–Kier alpha value is -2.03. The van der Waals surface area contributed by atoms with Gasteiger partial charge in [0.2, 0.25) is 0 Å². The molecule has 15 heavy (non-hydrogen) atoms. The smallest absolute Gasteiger partial charge is 0.134 e. The summed E-state index contributed by atoms with van der Waals surface area (Å²) in [5, 5.41) is 2.98. The van der Waals surface area contributed by atoms with E-state index in [9.17, 15) is 4.91 Å². The van der Waals surface area contributed by atoms with E-state index in [0.717, 1.165) is 16.8 Å². The lowest BCUT2D eigenvalue weighted by molar-refractivity contribution is 1.19. The van der Waals surface area contributed by atoms with Crippen LogP contribution in [0, 0.1) is 11.8 Å². The molecule has 0 spiro atoms. The lowest BCUT2D eigenvalue weighted by atomic mass is 10.0. The molecule has 0 fully saturated rings. The molecule has 0 saturated carbocycles. The van der Waals surface area contributed by atoms with E-state index < -0.39 is 0 Å². The van der Waals surface area contributed by atoms with E-state index in [2.05, 4.69) is 10.2 Å². The topological polar surface area (TPSA) is 42.3 Å². The third-order valence-corrected chi connectivity index (χ3v) is 2.20. The molecule has 74 valence electrons. The summed E-state index contributed by atoms with van der Waals surface area (Å²) in [5.74, 6) is 0. The Morgan fingerprint density at radius 2 is 1.93 bits per heavy atom. The number of pyridine rings is 1. The second-order valence-electron chi connectivity index (χ2n) is 3.30. The van der Waals surface area contributed by atoms with Crippen molar-refractivity contribution in [3.05, 3.63) is 53.2 Å². The number of hydrogen-bond donors (Lipinski definition) is 0. The van der Waals surface area contributed by atoms with Gasteiger partial charge in [0, 0.05) is 11.3 Å². The highest BCUT2D eigenvalue weighted by Crippen LogP contribution is 2.29. The molecule has 0 saturated heterocycles. The van der Waals surface area contributed by atoms with Crippen molar-refractivity contribution in [3.63, 3.8) is 0 Å². The average molecular weight is 198 g/mol. The molecule has 3 heteroatoms. The van der Waals surface area contributed by atoms with E-state index in [1.54, 1.807) is 0 Å². The van der Waals surface area contributed by atoms with E-state index in [0.29, 0.717) is 5.69 Å². The highest BCUT2D eigenvalue weighted by atomic mass is 16.3. The van der Waals surface area contributed by atoms with Gasteiger partial charge < -0.3 is 0 Å². The van der Waals surface area contributed by atoms with Gasteiger partial charge >= 0.3 is 0 Å². The van der Waals surface area contributed by atoms with Crippen LogP contribution in [0.25, 0.3) is 11.1 Å². The third-order valence-electron chi connectivity index (χ3n) is 2.20. The molecule has 2 rings (SSSR count). The number of nitrogens with zero attached hydrogens (tertiary/aromatic N) is 2. The van der Waals surface area contributed by atoms with Crippen LogP contribution in [0.2, 0.25) is 0 Å². The standard InChI is InChI=1S/C12H10N2O/c1-9-7-11(12(14-15)8-13-9)10-5-3-2-4-6-10/h2-8H,1H3. The predicted molar refractivity (Wildman–Crippen MR) is 59.9 cm³/mol. The van der Waals surface area contributed by atoms with Gasteiger partial charge in [-0.25, -0.2) is 0 Å². The molecule has 0 atom stereocenters. The summed E-state index contributed by atoms with van der Waals surface area (Å²) in [4.78, 5) is 14.7. The van der Waals surface area contributed by atoms with Crippen molar-refractivity contribution in [2.24, 2.45) is 5.18 Å². The Kier molecular flexibility index (Phi) is 2.54. The molecule has 0 aliphatic heterocycles. The predicted octanol–water partition coefficient (Wildman–Crippen LogP) is 3.45. The molecule has 0 unspecified atom stereocenters. The Balaban J connectivity index is 2.61. The first-order valence-electron chi connectivity index (χ1n) is 4.66. The molecule has 0 radical (unpaired) electrons. The van der Waals surface area contributed by atoms with Crippen molar-refractivity contribution in [3.8, 4) is 11.1 Å². The molecular weight excluding hydrogens is 188 g/mol. The first kappa shape index (κ1) is 9.52. The molecule has 2 aromatic rings. The zero-order chi connectivity index (χ0) is 10.7. The van der Waals surface area contributed by atoms with Crippen molar-refractivity contribution < 1.29 is 0 Å². The van der Waals surface area contributed by atoms with Crippen LogP contribution in [0.5, 0.6) is 0 Å². The van der Waals surface area contributed by atoms with E-state index in [4.69, 9.17) is 0 Å². The lowest BCUT2D eigenvalue weighted by Gasteiger charge is -2.04. The summed E-state index contributed by atoms with van der Waals surface area (Å²) in [6, 6.07) is 11.6. The Labute approximate surface area is 87.8 Å². The highest BCUT2D eigenvalue weighted by molar-refractivity contribution is 5.75. The number of aromatic nitrogens is 1. The molecule has 1 aromatic heterocycles. The minimum absolute atomic E-state index is 0.381. The molecule has 0 bridgehead atoms. The monoisotopic (exact) mass is 198 g/mol. The van der Waals surface area contributed by atoms with Gasteiger partial charge in [0.05, 0.1) is 6.20 Å². The van der Waals surface area contributed by atoms with Gasteiger partial charge in [-0.1, -0.05) is 30.3 Å². The highest BCUT2D eigenvalue weighted by Gasteiger charge is 2.05. The minimum Gasteiger partial charge on any atom is -0.259 e. The number of rotatable bonds is 2. The molecule has 0 aliphatic carbocycles. The Morgan fingerprint density at radius 3 is 2.60 bits per heavy atom. The summed E-state index contributed by atoms with van der Waals surface area (Å²) in [7, 11) is 0. The molecule has 1 aromatic carbocycles. The van der Waals surface area contributed by atoms with Crippen molar-refractivity contribution in [2.75, 3.05) is 0 Å². The van der Waals surface area contributed by atoms with Crippen LogP contribution in [0.4, 0.5) is 5.69 Å². The molecule has 0 amide bonds. The maximum absolute atomic E-state index is 10.6. The van der Waals surface area contributed by atoms with Crippen molar-refractivity contribution in [2.45, 2.75) is 6.92 Å². The van der Waals surface area contributed by atoms with E-state index >= 15 is 0 Å². The van der Waals surface area contributed by atoms with Crippen LogP contribution in [-0.2, 0) is 0 Å². The van der Waals surface area contributed by atoms with Gasteiger partial charge in [0.25, 0.3) is 0 Å². The van der Waals surface area contributed by atoms with E-state index in [-0.39, 0.29) is 0 Å². The van der Waals surface area contributed by atoms with Gasteiger partial charge in [-0.05, 0) is 23.7 Å². The van der Waals surface area contributed by atoms with E-state index in [1.807, 2.05) is 43.3 Å². The third kappa shape index (κ3) is 1.91. The van der Waals surface area contributed by atoms with E-state index in [1.165, 1.54) is 6.20 Å². The first-order chi connectivity index (χ1) is 7.31. The maximum Gasteiger partial charge on any atom is 0.134 e. The fourth-order valence-corrected chi connectivity index (χ4v) is 1.47. The second kappa shape index (κ2) is 4.00. The van der Waals surface area contributed by atoms with Crippen molar-refractivity contribution in [1.82, 2.24) is 4.98 Å². The quantitative estimate of drug-likeness (QED) is 0.693. The number of nitroso groups, excluding NO2 is 1. The van der Waals surface area contributed by atoms with Gasteiger partial charge in [0.1, 0.15) is 5.69 Å². The molecule has 3 nitrogen and oxygen atoms in total. The van der Waals surface area contributed by atoms with Crippen LogP contribution >= 0.6 is 0 Å². The zero-order valence-corrected chi connectivity index (χ0v) is 8.34.